The third kappa shape index (κ3) is 8.78. The fourth-order valence-corrected chi connectivity index (χ4v) is 5.90. The lowest BCUT2D eigenvalue weighted by Crippen LogP contribution is -2.43. The Kier molecular flexibility index (Phi) is 11.3. The van der Waals surface area contributed by atoms with Crippen molar-refractivity contribution in [2.75, 3.05) is 13.7 Å². The van der Waals surface area contributed by atoms with Gasteiger partial charge in [0, 0.05) is 26.1 Å². The van der Waals surface area contributed by atoms with Gasteiger partial charge in [-0.1, -0.05) is 91.3 Å². The number of ether oxygens (including phenoxy) is 1. The van der Waals surface area contributed by atoms with Crippen molar-refractivity contribution in [3.8, 4) is 5.75 Å². The van der Waals surface area contributed by atoms with E-state index in [9.17, 15) is 18.0 Å². The van der Waals surface area contributed by atoms with Crippen LogP contribution in [0.5, 0.6) is 5.75 Å². The number of carbonyl (C=O) groups excluding carboxylic acids is 2. The fraction of sp³-hybridized carbons (Fsp3) is 0.257. The maximum Gasteiger partial charge on any atom is 0.247 e. The second kappa shape index (κ2) is 15.3. The number of nitrogens with one attached hydrogen (secondary N) is 2. The summed E-state index contributed by atoms with van der Waals surface area (Å²) in [6.45, 7) is 4.57. The smallest absolute Gasteiger partial charge is 0.247 e. The van der Waals surface area contributed by atoms with Crippen molar-refractivity contribution in [1.29, 1.82) is 0 Å². The third-order valence-electron chi connectivity index (χ3n) is 7.29. The molecule has 9 heteroatoms. The van der Waals surface area contributed by atoms with Crippen LogP contribution < -0.4 is 14.8 Å². The van der Waals surface area contributed by atoms with Gasteiger partial charge in [-0.05, 0) is 59.9 Å². The van der Waals surface area contributed by atoms with Crippen molar-refractivity contribution in [2.24, 2.45) is 0 Å². The van der Waals surface area contributed by atoms with E-state index in [0.717, 1.165) is 22.3 Å². The molecule has 230 valence electrons. The molecule has 4 aromatic rings. The van der Waals surface area contributed by atoms with Gasteiger partial charge in [0.25, 0.3) is 0 Å². The van der Waals surface area contributed by atoms with Crippen LogP contribution in [0.15, 0.2) is 108 Å². The molecule has 2 amide bonds. The summed E-state index contributed by atoms with van der Waals surface area (Å²) in [6, 6.07) is 30.3. The normalized spacial score (nSPS) is 11.9. The van der Waals surface area contributed by atoms with Gasteiger partial charge in [0.15, 0.2) is 0 Å². The fourth-order valence-electron chi connectivity index (χ4n) is 4.85. The zero-order valence-corrected chi connectivity index (χ0v) is 26.1. The number of hydrogen-bond acceptors (Lipinski definition) is 5. The van der Waals surface area contributed by atoms with E-state index in [0.29, 0.717) is 30.8 Å². The molecule has 4 aromatic carbocycles. The second-order valence-corrected chi connectivity index (χ2v) is 12.3. The summed E-state index contributed by atoms with van der Waals surface area (Å²) >= 11 is 0. The Hall–Kier alpha value is -4.47. The number of amides is 2. The van der Waals surface area contributed by atoms with Crippen molar-refractivity contribution >= 4 is 21.8 Å². The van der Waals surface area contributed by atoms with Crippen molar-refractivity contribution in [1.82, 2.24) is 14.9 Å². The summed E-state index contributed by atoms with van der Waals surface area (Å²) in [7, 11) is -1.98. The number of rotatable bonds is 14. The number of benzene rings is 4. The molecule has 0 saturated carbocycles. The molecule has 0 bridgehead atoms. The molecule has 0 aliphatic rings. The third-order valence-corrected chi connectivity index (χ3v) is 8.85. The number of methoxy groups -OCH3 is 1. The lowest BCUT2D eigenvalue weighted by Gasteiger charge is -2.32. The summed E-state index contributed by atoms with van der Waals surface area (Å²) < 4.78 is 32.4. The minimum absolute atomic E-state index is 0.129. The Bertz CT molecular complexity index is 1620. The average Bonchev–Trinajstić information content (AvgIpc) is 3.04. The van der Waals surface area contributed by atoms with E-state index in [1.165, 1.54) is 12.1 Å². The van der Waals surface area contributed by atoms with E-state index >= 15 is 0 Å². The first-order valence-electron chi connectivity index (χ1n) is 14.6. The van der Waals surface area contributed by atoms with Crippen molar-refractivity contribution in [3.63, 3.8) is 0 Å². The minimum Gasteiger partial charge on any atom is -0.497 e. The molecule has 0 unspecified atom stereocenters. The summed E-state index contributed by atoms with van der Waals surface area (Å²) in [5, 5.41) is 3.05. The Morgan fingerprint density at radius 3 is 2.05 bits per heavy atom. The van der Waals surface area contributed by atoms with Crippen molar-refractivity contribution in [2.45, 2.75) is 50.7 Å². The SMILES string of the molecule is CCNS(=O)(=O)c1ccc(CCC(=O)N(Cc2ccc(OC)cc2)[C@@H](C(=O)NCc2ccc(C)cc2)c2ccccc2)cc1. The predicted molar refractivity (Wildman–Crippen MR) is 171 cm³/mol. The van der Waals surface area contributed by atoms with Crippen molar-refractivity contribution in [3.05, 3.63) is 131 Å². The van der Waals surface area contributed by atoms with E-state index in [1.54, 1.807) is 31.1 Å². The predicted octanol–water partition coefficient (Wildman–Crippen LogP) is 5.32. The van der Waals surface area contributed by atoms with E-state index in [2.05, 4.69) is 10.0 Å². The van der Waals surface area contributed by atoms with Crippen LogP contribution >= 0.6 is 0 Å². The molecule has 0 fully saturated rings. The number of sulfonamides is 1. The van der Waals surface area contributed by atoms with Gasteiger partial charge in [-0.15, -0.1) is 0 Å². The molecular formula is C35H39N3O5S. The highest BCUT2D eigenvalue weighted by Crippen LogP contribution is 2.26. The van der Waals surface area contributed by atoms with Gasteiger partial charge in [-0.25, -0.2) is 13.1 Å². The largest absolute Gasteiger partial charge is 0.497 e. The number of aryl methyl sites for hydroxylation is 2. The van der Waals surface area contributed by atoms with Gasteiger partial charge in [-0.2, -0.15) is 0 Å². The Balaban J connectivity index is 1.60. The zero-order valence-electron chi connectivity index (χ0n) is 25.3. The number of nitrogens with zero attached hydrogens (tertiary/aromatic N) is 1. The number of carbonyl (C=O) groups is 2. The van der Waals surface area contributed by atoms with Crippen LogP contribution in [0.2, 0.25) is 0 Å². The molecule has 0 aliphatic heterocycles. The van der Waals surface area contributed by atoms with E-state index in [-0.39, 0.29) is 29.7 Å². The molecule has 0 heterocycles. The first kappa shape index (κ1) is 32.4. The summed E-state index contributed by atoms with van der Waals surface area (Å²) in [5.74, 6) is 0.211. The van der Waals surface area contributed by atoms with E-state index in [1.807, 2.05) is 85.8 Å². The molecule has 8 nitrogen and oxygen atoms in total. The quantitative estimate of drug-likeness (QED) is 0.200. The maximum absolute atomic E-state index is 14.0. The summed E-state index contributed by atoms with van der Waals surface area (Å²) in [6.07, 6.45) is 0.510. The maximum atomic E-state index is 14.0. The molecule has 0 aliphatic carbocycles. The van der Waals surface area contributed by atoms with Crippen LogP contribution in [0.25, 0.3) is 0 Å². The Morgan fingerprint density at radius 1 is 0.818 bits per heavy atom. The van der Waals surface area contributed by atoms with Crippen LogP contribution in [0.4, 0.5) is 0 Å². The minimum atomic E-state index is -3.57. The number of hydrogen-bond donors (Lipinski definition) is 2. The summed E-state index contributed by atoms with van der Waals surface area (Å²) in [4.78, 5) is 29.7. The van der Waals surface area contributed by atoms with Gasteiger partial charge in [0.2, 0.25) is 21.8 Å². The van der Waals surface area contributed by atoms with Gasteiger partial charge in [0.1, 0.15) is 11.8 Å². The molecular weight excluding hydrogens is 574 g/mol. The molecule has 2 N–H and O–H groups in total. The average molecular weight is 614 g/mol. The van der Waals surface area contributed by atoms with Gasteiger partial charge in [0.05, 0.1) is 12.0 Å². The lowest BCUT2D eigenvalue weighted by atomic mass is 10.0. The monoisotopic (exact) mass is 613 g/mol. The topological polar surface area (TPSA) is 105 Å². The highest BCUT2D eigenvalue weighted by atomic mass is 32.2. The molecule has 0 aromatic heterocycles. The van der Waals surface area contributed by atoms with Crippen LogP contribution in [-0.2, 0) is 39.1 Å². The van der Waals surface area contributed by atoms with Gasteiger partial charge in [-0.3, -0.25) is 9.59 Å². The van der Waals surface area contributed by atoms with Crippen molar-refractivity contribution < 1.29 is 22.7 Å². The van der Waals surface area contributed by atoms with E-state index < -0.39 is 16.1 Å². The molecule has 0 spiro atoms. The molecule has 4 rings (SSSR count). The zero-order chi connectivity index (χ0) is 31.5. The molecule has 0 radical (unpaired) electrons. The lowest BCUT2D eigenvalue weighted by molar-refractivity contribution is -0.141. The summed E-state index contributed by atoms with van der Waals surface area (Å²) in [5.41, 5.74) is 4.47. The Labute approximate surface area is 260 Å². The Morgan fingerprint density at radius 2 is 1.43 bits per heavy atom. The molecule has 44 heavy (non-hydrogen) atoms. The first-order valence-corrected chi connectivity index (χ1v) is 16.1. The van der Waals surface area contributed by atoms with Crippen LogP contribution in [0.1, 0.15) is 47.2 Å². The first-order chi connectivity index (χ1) is 21.2. The molecule has 0 saturated heterocycles. The second-order valence-electron chi connectivity index (χ2n) is 10.5. The van der Waals surface area contributed by atoms with E-state index in [4.69, 9.17) is 4.74 Å². The van der Waals surface area contributed by atoms with Gasteiger partial charge >= 0.3 is 0 Å². The molecule has 1 atom stereocenters. The standard InChI is InChI=1S/C35H39N3O5S/c1-4-37-44(41,42)32-21-16-27(17-22-32)18-23-33(39)38(25-29-14-19-31(43-3)20-15-29)34(30-8-6-5-7-9-30)35(40)36-24-28-12-10-26(2)11-13-28/h5-17,19-22,34,37H,4,18,23-25H2,1-3H3,(H,36,40)/t34-/m1/s1. The van der Waals surface area contributed by atoms with Crippen LogP contribution in [-0.4, -0.2) is 38.8 Å². The highest BCUT2D eigenvalue weighted by molar-refractivity contribution is 7.89. The van der Waals surface area contributed by atoms with Crippen LogP contribution in [0.3, 0.4) is 0 Å². The highest BCUT2D eigenvalue weighted by Gasteiger charge is 2.31. The van der Waals surface area contributed by atoms with Gasteiger partial charge < -0.3 is 15.0 Å². The van der Waals surface area contributed by atoms with Crippen LogP contribution in [0, 0.1) is 6.92 Å².